The van der Waals surface area contributed by atoms with Crippen molar-refractivity contribution in [1.29, 1.82) is 0 Å². The van der Waals surface area contributed by atoms with Crippen LogP contribution in [0.25, 0.3) is 10.2 Å². The fourth-order valence-electron chi connectivity index (χ4n) is 3.39. The molecule has 0 unspecified atom stereocenters. The van der Waals surface area contributed by atoms with Crippen molar-refractivity contribution in [2.75, 3.05) is 36.8 Å². The van der Waals surface area contributed by atoms with Crippen molar-refractivity contribution in [3.05, 3.63) is 54.3 Å². The maximum atomic E-state index is 13.1. The molecule has 1 amide bonds. The standard InChI is InChI=1S/C23H28FN3O3S2/c1-3-26(4-2)15-16-27(23-25-20-8-5-6-9-21(20)31-23)22(28)10-7-17-32(29,30)19-13-11-18(24)12-14-19/h5-6,8-9,11-14H,3-4,7,10,15-17H2,1-2H3. The first-order valence-electron chi connectivity index (χ1n) is 10.7. The molecule has 32 heavy (non-hydrogen) atoms. The minimum Gasteiger partial charge on any atom is -0.302 e. The number of aromatic nitrogens is 1. The number of carbonyl (C=O) groups excluding carboxylic acids is 1. The second kappa shape index (κ2) is 11.0. The third kappa shape index (κ3) is 6.11. The summed E-state index contributed by atoms with van der Waals surface area (Å²) in [7, 11) is -3.58. The van der Waals surface area contributed by atoms with Crippen molar-refractivity contribution in [3.63, 3.8) is 0 Å². The first kappa shape index (κ1) is 24.3. The van der Waals surface area contributed by atoms with Crippen LogP contribution in [-0.2, 0) is 14.6 Å². The van der Waals surface area contributed by atoms with Crippen LogP contribution in [0, 0.1) is 5.82 Å². The number of sulfone groups is 1. The molecule has 3 aromatic rings. The van der Waals surface area contributed by atoms with E-state index < -0.39 is 15.7 Å². The maximum absolute atomic E-state index is 13.1. The maximum Gasteiger partial charge on any atom is 0.228 e. The van der Waals surface area contributed by atoms with E-state index in [9.17, 15) is 17.6 Å². The Bertz CT molecular complexity index is 1110. The van der Waals surface area contributed by atoms with Gasteiger partial charge >= 0.3 is 0 Å². The largest absolute Gasteiger partial charge is 0.302 e. The third-order valence-electron chi connectivity index (χ3n) is 5.33. The molecule has 0 atom stereocenters. The fourth-order valence-corrected chi connectivity index (χ4v) is 5.71. The summed E-state index contributed by atoms with van der Waals surface area (Å²) >= 11 is 1.46. The highest BCUT2D eigenvalue weighted by molar-refractivity contribution is 7.91. The Hall–Kier alpha value is -2.36. The highest BCUT2D eigenvalue weighted by Gasteiger charge is 2.22. The molecule has 9 heteroatoms. The van der Waals surface area contributed by atoms with Gasteiger partial charge in [-0.3, -0.25) is 9.69 Å². The molecule has 1 heterocycles. The molecule has 0 radical (unpaired) electrons. The molecular formula is C23H28FN3O3S2. The van der Waals surface area contributed by atoms with Crippen LogP contribution in [-0.4, -0.2) is 56.1 Å². The number of halogens is 1. The Kier molecular flexibility index (Phi) is 8.33. The number of fused-ring (bicyclic) bond motifs is 1. The SMILES string of the molecule is CCN(CC)CCN(C(=O)CCCS(=O)(=O)c1ccc(F)cc1)c1nc2ccccc2s1. The molecule has 0 aliphatic rings. The monoisotopic (exact) mass is 477 g/mol. The lowest BCUT2D eigenvalue weighted by Crippen LogP contribution is -2.38. The average molecular weight is 478 g/mol. The Labute approximate surface area is 192 Å². The van der Waals surface area contributed by atoms with Crippen molar-refractivity contribution in [2.45, 2.75) is 31.6 Å². The molecule has 0 saturated heterocycles. The number of likely N-dealkylation sites (N-methyl/N-ethyl adjacent to an activating group) is 1. The van der Waals surface area contributed by atoms with Crippen LogP contribution in [0.3, 0.4) is 0 Å². The summed E-state index contributed by atoms with van der Waals surface area (Å²) in [4.78, 5) is 21.7. The summed E-state index contributed by atoms with van der Waals surface area (Å²) in [5.41, 5.74) is 0.840. The predicted molar refractivity (Wildman–Crippen MR) is 127 cm³/mol. The van der Waals surface area contributed by atoms with Gasteiger partial charge in [-0.2, -0.15) is 0 Å². The minimum absolute atomic E-state index is 0.0657. The number of hydrogen-bond donors (Lipinski definition) is 0. The van der Waals surface area contributed by atoms with Crippen molar-refractivity contribution < 1.29 is 17.6 Å². The Balaban J connectivity index is 1.70. The van der Waals surface area contributed by atoms with Gasteiger partial charge in [-0.1, -0.05) is 37.3 Å². The van der Waals surface area contributed by atoms with E-state index in [0.29, 0.717) is 18.2 Å². The number of benzene rings is 2. The van der Waals surface area contributed by atoms with E-state index in [4.69, 9.17) is 0 Å². The molecule has 6 nitrogen and oxygen atoms in total. The zero-order valence-corrected chi connectivity index (χ0v) is 20.0. The van der Waals surface area contributed by atoms with Gasteiger partial charge in [-0.15, -0.1) is 0 Å². The van der Waals surface area contributed by atoms with Gasteiger partial charge in [0.15, 0.2) is 15.0 Å². The van der Waals surface area contributed by atoms with Crippen LogP contribution < -0.4 is 4.90 Å². The van der Waals surface area contributed by atoms with Gasteiger partial charge in [0, 0.05) is 19.5 Å². The van der Waals surface area contributed by atoms with E-state index in [1.54, 1.807) is 4.90 Å². The normalized spacial score (nSPS) is 11.9. The number of rotatable bonds is 11. The van der Waals surface area contributed by atoms with Gasteiger partial charge in [-0.05, 0) is 55.9 Å². The van der Waals surface area contributed by atoms with Crippen molar-refractivity contribution >= 4 is 42.4 Å². The number of carbonyl (C=O) groups is 1. The zero-order valence-electron chi connectivity index (χ0n) is 18.3. The number of nitrogens with zero attached hydrogens (tertiary/aromatic N) is 3. The zero-order chi connectivity index (χ0) is 23.1. The molecule has 0 fully saturated rings. The highest BCUT2D eigenvalue weighted by atomic mass is 32.2. The molecule has 172 valence electrons. The fraction of sp³-hybridized carbons (Fsp3) is 0.391. The van der Waals surface area contributed by atoms with Crippen molar-refractivity contribution in [3.8, 4) is 0 Å². The van der Waals surface area contributed by atoms with Crippen LogP contribution in [0.1, 0.15) is 26.7 Å². The number of anilines is 1. The summed E-state index contributed by atoms with van der Waals surface area (Å²) in [6, 6.07) is 12.5. The van der Waals surface area contributed by atoms with Gasteiger partial charge in [-0.25, -0.2) is 17.8 Å². The first-order valence-corrected chi connectivity index (χ1v) is 13.2. The van der Waals surface area contributed by atoms with Gasteiger partial charge in [0.1, 0.15) is 5.82 Å². The Morgan fingerprint density at radius 1 is 1.03 bits per heavy atom. The summed E-state index contributed by atoms with van der Waals surface area (Å²) < 4.78 is 39.1. The van der Waals surface area contributed by atoms with E-state index in [-0.39, 0.29) is 29.4 Å². The molecule has 0 N–H and O–H groups in total. The summed E-state index contributed by atoms with van der Waals surface area (Å²) in [6.45, 7) is 7.12. The van der Waals surface area contributed by atoms with Crippen LogP contribution in [0.4, 0.5) is 9.52 Å². The summed E-state index contributed by atoms with van der Waals surface area (Å²) in [6.07, 6.45) is 0.278. The lowest BCUT2D eigenvalue weighted by Gasteiger charge is -2.24. The minimum atomic E-state index is -3.58. The number of hydrogen-bond acceptors (Lipinski definition) is 6. The van der Waals surface area contributed by atoms with Crippen LogP contribution in [0.15, 0.2) is 53.4 Å². The summed E-state index contributed by atoms with van der Waals surface area (Å²) in [5.74, 6) is -0.807. The molecule has 0 bridgehead atoms. The lowest BCUT2D eigenvalue weighted by atomic mass is 10.3. The lowest BCUT2D eigenvalue weighted by molar-refractivity contribution is -0.118. The van der Waals surface area contributed by atoms with E-state index in [1.807, 2.05) is 24.3 Å². The topological polar surface area (TPSA) is 70.6 Å². The van der Waals surface area contributed by atoms with Gasteiger partial charge in [0.2, 0.25) is 5.91 Å². The van der Waals surface area contributed by atoms with E-state index in [0.717, 1.165) is 35.4 Å². The van der Waals surface area contributed by atoms with E-state index in [1.165, 1.54) is 23.5 Å². The molecule has 1 aromatic heterocycles. The number of amides is 1. The summed E-state index contributed by atoms with van der Waals surface area (Å²) in [5, 5.41) is 0.629. The van der Waals surface area contributed by atoms with Crippen molar-refractivity contribution in [1.82, 2.24) is 9.88 Å². The number of para-hydroxylation sites is 1. The number of thiazole rings is 1. The molecule has 0 saturated carbocycles. The van der Waals surface area contributed by atoms with Crippen LogP contribution >= 0.6 is 11.3 Å². The van der Waals surface area contributed by atoms with E-state index in [2.05, 4.69) is 23.7 Å². The molecule has 0 aliphatic heterocycles. The van der Waals surface area contributed by atoms with Gasteiger partial charge in [0.25, 0.3) is 0 Å². The first-order chi connectivity index (χ1) is 15.3. The molecule has 2 aromatic carbocycles. The average Bonchev–Trinajstić information content (AvgIpc) is 3.20. The highest BCUT2D eigenvalue weighted by Crippen LogP contribution is 2.29. The van der Waals surface area contributed by atoms with Gasteiger partial charge < -0.3 is 4.90 Å². The van der Waals surface area contributed by atoms with E-state index >= 15 is 0 Å². The third-order valence-corrected chi connectivity index (χ3v) is 8.20. The predicted octanol–water partition coefficient (Wildman–Crippen LogP) is 4.36. The van der Waals surface area contributed by atoms with Crippen molar-refractivity contribution in [2.24, 2.45) is 0 Å². The Morgan fingerprint density at radius 3 is 2.38 bits per heavy atom. The molecular weight excluding hydrogens is 449 g/mol. The van der Waals surface area contributed by atoms with Crippen LogP contribution in [0.2, 0.25) is 0 Å². The Morgan fingerprint density at radius 2 is 1.72 bits per heavy atom. The second-order valence-corrected chi connectivity index (χ2v) is 10.5. The molecule has 3 rings (SSSR count). The quantitative estimate of drug-likeness (QED) is 0.384. The molecule has 0 aliphatic carbocycles. The molecule has 0 spiro atoms. The smallest absolute Gasteiger partial charge is 0.228 e. The second-order valence-electron chi connectivity index (χ2n) is 7.41. The van der Waals surface area contributed by atoms with Gasteiger partial charge in [0.05, 0.1) is 20.9 Å². The van der Waals surface area contributed by atoms with Crippen LogP contribution in [0.5, 0.6) is 0 Å².